The maximum Gasteiger partial charge on any atom is 0.310 e. The van der Waals surface area contributed by atoms with Gasteiger partial charge in [0.05, 0.1) is 10.8 Å². The maximum atomic E-state index is 10.7. The quantitative estimate of drug-likeness (QED) is 0.645. The Morgan fingerprint density at radius 2 is 1.82 bits per heavy atom. The van der Waals surface area contributed by atoms with Gasteiger partial charge in [0.15, 0.2) is 0 Å². The summed E-state index contributed by atoms with van der Waals surface area (Å²) >= 11 is 5.24. The molecule has 0 spiro atoms. The van der Waals surface area contributed by atoms with Gasteiger partial charge in [-0.05, 0) is 24.9 Å². The predicted octanol–water partition coefficient (Wildman–Crippen LogP) is 1.25. The van der Waals surface area contributed by atoms with E-state index in [4.69, 9.17) is 16.7 Å². The van der Waals surface area contributed by atoms with Crippen LogP contribution in [0.5, 0.6) is 0 Å². The van der Waals surface area contributed by atoms with Gasteiger partial charge in [0.2, 0.25) is 5.24 Å². The Labute approximate surface area is 69.3 Å². The van der Waals surface area contributed by atoms with Crippen molar-refractivity contribution in [2.45, 2.75) is 20.3 Å². The summed E-state index contributed by atoms with van der Waals surface area (Å²) in [6.45, 7) is 3.12. The van der Waals surface area contributed by atoms with E-state index < -0.39 is 22.0 Å². The van der Waals surface area contributed by atoms with Crippen LogP contribution in [0.3, 0.4) is 0 Å². The normalized spacial score (nSPS) is 41.7. The third-order valence-electron chi connectivity index (χ3n) is 2.71. The molecule has 1 N–H and O–H groups in total. The number of hydrogen-bond acceptors (Lipinski definition) is 2. The van der Waals surface area contributed by atoms with Gasteiger partial charge in [0, 0.05) is 0 Å². The van der Waals surface area contributed by atoms with Crippen LogP contribution in [0.15, 0.2) is 0 Å². The van der Waals surface area contributed by atoms with Crippen molar-refractivity contribution in [1.82, 2.24) is 0 Å². The second-order valence-electron chi connectivity index (χ2n) is 3.42. The molecule has 1 rings (SSSR count). The summed E-state index contributed by atoms with van der Waals surface area (Å²) in [6.07, 6.45) is 0.345. The Hall–Kier alpha value is -0.570. The van der Waals surface area contributed by atoms with Crippen molar-refractivity contribution in [3.63, 3.8) is 0 Å². The first-order chi connectivity index (χ1) is 4.84. The van der Waals surface area contributed by atoms with E-state index in [1.54, 1.807) is 6.92 Å². The van der Waals surface area contributed by atoms with E-state index in [1.165, 1.54) is 6.92 Å². The van der Waals surface area contributed by atoms with Gasteiger partial charge in [-0.2, -0.15) is 0 Å². The summed E-state index contributed by atoms with van der Waals surface area (Å²) < 4.78 is 0. The monoisotopic (exact) mass is 176 g/mol. The number of carboxylic acid groups (broad SMARTS) is 1. The molecule has 0 aromatic carbocycles. The number of carboxylic acids is 1. The number of carbonyl (C=O) groups is 2. The molecule has 11 heavy (non-hydrogen) atoms. The van der Waals surface area contributed by atoms with Crippen LogP contribution < -0.4 is 0 Å². The highest BCUT2D eigenvalue weighted by atomic mass is 35.5. The Morgan fingerprint density at radius 3 is 1.91 bits per heavy atom. The molecule has 0 heterocycles. The molecule has 0 amide bonds. The predicted molar refractivity (Wildman–Crippen MR) is 39.3 cm³/mol. The summed E-state index contributed by atoms with van der Waals surface area (Å²) in [4.78, 5) is 21.3. The van der Waals surface area contributed by atoms with Crippen LogP contribution in [0.25, 0.3) is 0 Å². The molecule has 1 fully saturated rings. The van der Waals surface area contributed by atoms with E-state index in [2.05, 4.69) is 0 Å². The van der Waals surface area contributed by atoms with E-state index in [-0.39, 0.29) is 0 Å². The van der Waals surface area contributed by atoms with Crippen molar-refractivity contribution in [3.8, 4) is 0 Å². The van der Waals surface area contributed by atoms with Crippen LogP contribution in [-0.2, 0) is 9.59 Å². The van der Waals surface area contributed by atoms with Crippen molar-refractivity contribution < 1.29 is 14.7 Å². The Kier molecular flexibility index (Phi) is 1.53. The van der Waals surface area contributed by atoms with E-state index in [0.29, 0.717) is 6.42 Å². The van der Waals surface area contributed by atoms with Gasteiger partial charge in [0.25, 0.3) is 0 Å². The second kappa shape index (κ2) is 1.97. The molecule has 1 aliphatic carbocycles. The molecule has 2 atom stereocenters. The zero-order valence-electron chi connectivity index (χ0n) is 6.35. The fourth-order valence-electron chi connectivity index (χ4n) is 1.26. The van der Waals surface area contributed by atoms with Crippen molar-refractivity contribution in [1.29, 1.82) is 0 Å². The molecule has 62 valence electrons. The van der Waals surface area contributed by atoms with Crippen molar-refractivity contribution >= 4 is 22.8 Å². The minimum atomic E-state index is -0.950. The minimum absolute atomic E-state index is 0.345. The average Bonchev–Trinajstić information content (AvgIpc) is 2.39. The molecule has 0 aliphatic heterocycles. The summed E-state index contributed by atoms with van der Waals surface area (Å²) in [7, 11) is 0. The molecule has 0 radical (unpaired) electrons. The van der Waals surface area contributed by atoms with Gasteiger partial charge in [-0.15, -0.1) is 0 Å². The first kappa shape index (κ1) is 8.53. The number of carbonyl (C=O) groups excluding carboxylic acids is 1. The Morgan fingerprint density at radius 1 is 1.36 bits per heavy atom. The van der Waals surface area contributed by atoms with Crippen LogP contribution in [0.4, 0.5) is 0 Å². The van der Waals surface area contributed by atoms with Crippen LogP contribution in [0.2, 0.25) is 0 Å². The van der Waals surface area contributed by atoms with Gasteiger partial charge >= 0.3 is 5.97 Å². The molecule has 0 saturated heterocycles. The van der Waals surface area contributed by atoms with Gasteiger partial charge < -0.3 is 5.11 Å². The highest BCUT2D eigenvalue weighted by molar-refractivity contribution is 6.65. The molecular formula is C7H9ClO3. The summed E-state index contributed by atoms with van der Waals surface area (Å²) in [6, 6.07) is 0. The fraction of sp³-hybridized carbons (Fsp3) is 0.714. The molecule has 0 aromatic rings. The van der Waals surface area contributed by atoms with Gasteiger partial charge in [0.1, 0.15) is 0 Å². The Bertz CT molecular complexity index is 214. The third-order valence-corrected chi connectivity index (χ3v) is 3.12. The lowest BCUT2D eigenvalue weighted by molar-refractivity contribution is -0.145. The Balaban J connectivity index is 2.87. The number of halogens is 1. The lowest BCUT2D eigenvalue weighted by atomic mass is 9.98. The molecule has 4 heteroatoms. The summed E-state index contributed by atoms with van der Waals surface area (Å²) in [5, 5.41) is 8.13. The second-order valence-corrected chi connectivity index (χ2v) is 3.76. The fourth-order valence-corrected chi connectivity index (χ4v) is 1.54. The molecule has 2 unspecified atom stereocenters. The smallest absolute Gasteiger partial charge is 0.310 e. The van der Waals surface area contributed by atoms with E-state index in [1.807, 2.05) is 0 Å². The van der Waals surface area contributed by atoms with Gasteiger partial charge in [-0.25, -0.2) is 0 Å². The van der Waals surface area contributed by atoms with Crippen LogP contribution in [0, 0.1) is 10.8 Å². The number of aliphatic carboxylic acids is 1. The summed E-state index contributed by atoms with van der Waals surface area (Å²) in [5.74, 6) is -0.950. The molecule has 1 saturated carbocycles. The molecule has 0 aromatic heterocycles. The minimum Gasteiger partial charge on any atom is -0.481 e. The first-order valence-corrected chi connectivity index (χ1v) is 3.66. The van der Waals surface area contributed by atoms with Crippen LogP contribution >= 0.6 is 11.6 Å². The first-order valence-electron chi connectivity index (χ1n) is 3.28. The highest BCUT2D eigenvalue weighted by Gasteiger charge is 2.70. The molecule has 0 bridgehead atoms. The van der Waals surface area contributed by atoms with Crippen molar-refractivity contribution in [3.05, 3.63) is 0 Å². The lowest BCUT2D eigenvalue weighted by Gasteiger charge is -2.08. The molecule has 1 aliphatic rings. The third kappa shape index (κ3) is 0.872. The number of rotatable bonds is 2. The largest absolute Gasteiger partial charge is 0.481 e. The molecule has 3 nitrogen and oxygen atoms in total. The van der Waals surface area contributed by atoms with Crippen molar-refractivity contribution in [2.24, 2.45) is 10.8 Å². The van der Waals surface area contributed by atoms with E-state index in [0.717, 1.165) is 0 Å². The van der Waals surface area contributed by atoms with Gasteiger partial charge in [-0.1, -0.05) is 6.92 Å². The number of hydrogen-bond donors (Lipinski definition) is 1. The van der Waals surface area contributed by atoms with Crippen LogP contribution in [0.1, 0.15) is 20.3 Å². The molecular weight excluding hydrogens is 168 g/mol. The average molecular weight is 177 g/mol. The SMILES string of the molecule is CC1(C(=O)O)CC1(C)C(=O)Cl. The maximum absolute atomic E-state index is 10.7. The topological polar surface area (TPSA) is 54.4 Å². The van der Waals surface area contributed by atoms with Gasteiger partial charge in [-0.3, -0.25) is 9.59 Å². The van der Waals surface area contributed by atoms with Crippen LogP contribution in [-0.4, -0.2) is 16.3 Å². The zero-order valence-corrected chi connectivity index (χ0v) is 7.10. The van der Waals surface area contributed by atoms with E-state index >= 15 is 0 Å². The lowest BCUT2D eigenvalue weighted by Crippen LogP contribution is -2.22. The summed E-state index contributed by atoms with van der Waals surface area (Å²) in [5.41, 5.74) is -1.79. The van der Waals surface area contributed by atoms with E-state index in [9.17, 15) is 9.59 Å². The standard InChI is InChI=1S/C7H9ClO3/c1-6(4(8)9)3-7(6,2)5(10)11/h3H2,1-2H3,(H,10,11). The highest BCUT2D eigenvalue weighted by Crippen LogP contribution is 2.64. The van der Waals surface area contributed by atoms with Crippen molar-refractivity contribution in [2.75, 3.05) is 0 Å². The zero-order chi connectivity index (χ0) is 8.86.